The summed E-state index contributed by atoms with van der Waals surface area (Å²) in [5, 5.41) is 7.13. The first-order valence-corrected chi connectivity index (χ1v) is 5.73. The van der Waals surface area contributed by atoms with E-state index in [0.29, 0.717) is 0 Å². The van der Waals surface area contributed by atoms with E-state index in [1.54, 1.807) is 17.6 Å². The van der Waals surface area contributed by atoms with Crippen LogP contribution in [0, 0.1) is 6.92 Å². The highest BCUT2D eigenvalue weighted by Gasteiger charge is 2.01. The third kappa shape index (κ3) is 2.87. The zero-order valence-corrected chi connectivity index (χ0v) is 9.38. The second-order valence-corrected chi connectivity index (χ2v) is 4.22. The van der Waals surface area contributed by atoms with Crippen molar-refractivity contribution in [1.82, 2.24) is 15.5 Å². The smallest absolute Gasteiger partial charge is 0.124 e. The largest absolute Gasteiger partial charge is 0.364 e. The number of aromatic nitrogens is 2. The van der Waals surface area contributed by atoms with Crippen molar-refractivity contribution in [3.05, 3.63) is 34.1 Å². The van der Waals surface area contributed by atoms with Crippen LogP contribution >= 0.6 is 11.3 Å². The van der Waals surface area contributed by atoms with Gasteiger partial charge in [0.15, 0.2) is 0 Å². The van der Waals surface area contributed by atoms with Gasteiger partial charge in [0.1, 0.15) is 6.26 Å². The fourth-order valence-electron chi connectivity index (χ4n) is 1.31. The van der Waals surface area contributed by atoms with Crippen LogP contribution in [-0.2, 0) is 13.0 Å². The second-order valence-electron chi connectivity index (χ2n) is 3.28. The zero-order valence-electron chi connectivity index (χ0n) is 8.56. The number of rotatable bonds is 5. The molecule has 0 aliphatic carbocycles. The van der Waals surface area contributed by atoms with Crippen LogP contribution in [0.3, 0.4) is 0 Å². The SMILES string of the molecule is Cc1ncsc1CCNCc1ccon1. The Bertz CT molecular complexity index is 396. The number of hydrogen-bond acceptors (Lipinski definition) is 5. The fourth-order valence-corrected chi connectivity index (χ4v) is 2.09. The highest BCUT2D eigenvalue weighted by Crippen LogP contribution is 2.11. The Balaban J connectivity index is 1.70. The molecule has 2 aromatic heterocycles. The third-order valence-electron chi connectivity index (χ3n) is 2.17. The maximum absolute atomic E-state index is 4.74. The number of nitrogens with zero attached hydrogens (tertiary/aromatic N) is 2. The van der Waals surface area contributed by atoms with Crippen LogP contribution in [0.25, 0.3) is 0 Å². The third-order valence-corrected chi connectivity index (χ3v) is 3.17. The normalized spacial score (nSPS) is 10.7. The highest BCUT2D eigenvalue weighted by atomic mass is 32.1. The van der Waals surface area contributed by atoms with E-state index in [1.807, 2.05) is 18.5 Å². The summed E-state index contributed by atoms with van der Waals surface area (Å²) in [7, 11) is 0. The maximum Gasteiger partial charge on any atom is 0.124 e. The number of hydrogen-bond donors (Lipinski definition) is 1. The monoisotopic (exact) mass is 223 g/mol. The fraction of sp³-hybridized carbons (Fsp3) is 0.400. The molecule has 0 spiro atoms. The predicted octanol–water partition coefficient (Wildman–Crippen LogP) is 1.77. The van der Waals surface area contributed by atoms with Crippen molar-refractivity contribution in [2.45, 2.75) is 19.9 Å². The van der Waals surface area contributed by atoms with Gasteiger partial charge in [-0.3, -0.25) is 0 Å². The van der Waals surface area contributed by atoms with Crippen molar-refractivity contribution in [1.29, 1.82) is 0 Å². The summed E-state index contributed by atoms with van der Waals surface area (Å²) in [5.41, 5.74) is 3.97. The van der Waals surface area contributed by atoms with Gasteiger partial charge < -0.3 is 9.84 Å². The molecule has 0 fully saturated rings. The molecule has 2 heterocycles. The van der Waals surface area contributed by atoms with Crippen LogP contribution < -0.4 is 5.32 Å². The van der Waals surface area contributed by atoms with Crippen LogP contribution in [-0.4, -0.2) is 16.7 Å². The van der Waals surface area contributed by atoms with E-state index in [2.05, 4.69) is 15.5 Å². The molecule has 15 heavy (non-hydrogen) atoms. The van der Waals surface area contributed by atoms with Gasteiger partial charge in [0.25, 0.3) is 0 Å². The molecule has 2 aromatic rings. The quantitative estimate of drug-likeness (QED) is 0.785. The maximum atomic E-state index is 4.74. The Morgan fingerprint density at radius 3 is 3.13 bits per heavy atom. The molecule has 1 N–H and O–H groups in total. The van der Waals surface area contributed by atoms with Crippen molar-refractivity contribution in [2.24, 2.45) is 0 Å². The Labute approximate surface area is 92.3 Å². The highest BCUT2D eigenvalue weighted by molar-refractivity contribution is 7.09. The lowest BCUT2D eigenvalue weighted by Gasteiger charge is -2.00. The summed E-state index contributed by atoms with van der Waals surface area (Å²) < 4.78 is 4.74. The van der Waals surface area contributed by atoms with Crippen LogP contribution in [0.1, 0.15) is 16.3 Å². The molecule has 4 nitrogen and oxygen atoms in total. The summed E-state index contributed by atoms with van der Waals surface area (Å²) in [6.45, 7) is 3.74. The van der Waals surface area contributed by atoms with E-state index in [1.165, 1.54) is 4.88 Å². The molecular weight excluding hydrogens is 210 g/mol. The van der Waals surface area contributed by atoms with E-state index in [0.717, 1.165) is 30.9 Å². The molecule has 0 aromatic carbocycles. The molecule has 5 heteroatoms. The van der Waals surface area contributed by atoms with Crippen LogP contribution in [0.5, 0.6) is 0 Å². The molecule has 0 atom stereocenters. The lowest BCUT2D eigenvalue weighted by Crippen LogP contribution is -2.16. The minimum Gasteiger partial charge on any atom is -0.364 e. The van der Waals surface area contributed by atoms with Gasteiger partial charge in [-0.05, 0) is 13.3 Å². The Kier molecular flexibility index (Phi) is 3.47. The van der Waals surface area contributed by atoms with Gasteiger partial charge in [0.05, 0.1) is 16.9 Å². The lowest BCUT2D eigenvalue weighted by molar-refractivity contribution is 0.408. The minimum absolute atomic E-state index is 0.758. The van der Waals surface area contributed by atoms with E-state index in [9.17, 15) is 0 Å². The summed E-state index contributed by atoms with van der Waals surface area (Å²) in [6, 6.07) is 1.87. The molecule has 0 saturated carbocycles. The average Bonchev–Trinajstić information content (AvgIpc) is 2.85. The molecule has 0 radical (unpaired) electrons. The molecular formula is C10H13N3OS. The molecule has 0 saturated heterocycles. The van der Waals surface area contributed by atoms with E-state index >= 15 is 0 Å². The van der Waals surface area contributed by atoms with Crippen LogP contribution in [0.4, 0.5) is 0 Å². The minimum atomic E-state index is 0.758. The predicted molar refractivity (Wildman–Crippen MR) is 58.8 cm³/mol. The van der Waals surface area contributed by atoms with Gasteiger partial charge >= 0.3 is 0 Å². The van der Waals surface area contributed by atoms with Gasteiger partial charge in [-0.25, -0.2) is 4.98 Å². The first-order chi connectivity index (χ1) is 7.36. The number of thiazole rings is 1. The van der Waals surface area contributed by atoms with Crippen molar-refractivity contribution >= 4 is 11.3 Å². The lowest BCUT2D eigenvalue weighted by atomic mass is 10.3. The van der Waals surface area contributed by atoms with E-state index < -0.39 is 0 Å². The topological polar surface area (TPSA) is 51.0 Å². The first kappa shape index (κ1) is 10.3. The Hall–Kier alpha value is -1.20. The van der Waals surface area contributed by atoms with Crippen molar-refractivity contribution in [3.63, 3.8) is 0 Å². The zero-order chi connectivity index (χ0) is 10.5. The van der Waals surface area contributed by atoms with Gasteiger partial charge in [-0.2, -0.15) is 0 Å². The summed E-state index contributed by atoms with van der Waals surface area (Å²) >= 11 is 1.71. The average molecular weight is 223 g/mol. The van der Waals surface area contributed by atoms with E-state index in [4.69, 9.17) is 4.52 Å². The molecule has 0 amide bonds. The summed E-state index contributed by atoms with van der Waals surface area (Å²) in [5.74, 6) is 0. The molecule has 2 rings (SSSR count). The van der Waals surface area contributed by atoms with Crippen molar-refractivity contribution < 1.29 is 4.52 Å². The molecule has 0 bridgehead atoms. The standard InChI is InChI=1S/C10H13N3OS/c1-8-10(15-7-12-8)2-4-11-6-9-3-5-14-13-9/h3,5,7,11H,2,4,6H2,1H3. The van der Waals surface area contributed by atoms with Gasteiger partial charge in [0.2, 0.25) is 0 Å². The Morgan fingerprint density at radius 1 is 1.53 bits per heavy atom. The van der Waals surface area contributed by atoms with Crippen molar-refractivity contribution in [2.75, 3.05) is 6.54 Å². The number of aryl methyl sites for hydroxylation is 1. The first-order valence-electron chi connectivity index (χ1n) is 4.85. The molecule has 80 valence electrons. The van der Waals surface area contributed by atoms with Gasteiger partial charge in [-0.15, -0.1) is 11.3 Å². The van der Waals surface area contributed by atoms with Gasteiger partial charge in [0, 0.05) is 24.0 Å². The molecule has 0 aliphatic rings. The van der Waals surface area contributed by atoms with Crippen LogP contribution in [0.15, 0.2) is 22.4 Å². The summed E-state index contributed by atoms with van der Waals surface area (Å²) in [4.78, 5) is 5.56. The molecule has 0 aliphatic heterocycles. The Morgan fingerprint density at radius 2 is 2.47 bits per heavy atom. The van der Waals surface area contributed by atoms with Crippen LogP contribution in [0.2, 0.25) is 0 Å². The second kappa shape index (κ2) is 5.04. The van der Waals surface area contributed by atoms with Gasteiger partial charge in [-0.1, -0.05) is 5.16 Å². The number of nitrogens with one attached hydrogen (secondary N) is 1. The van der Waals surface area contributed by atoms with E-state index in [-0.39, 0.29) is 0 Å². The van der Waals surface area contributed by atoms with Crippen molar-refractivity contribution in [3.8, 4) is 0 Å². The summed E-state index contributed by atoms with van der Waals surface area (Å²) in [6.07, 6.45) is 2.61. The molecule has 0 unspecified atom stereocenters.